The van der Waals surface area contributed by atoms with E-state index in [-0.39, 0.29) is 6.61 Å². The lowest BCUT2D eigenvalue weighted by Gasteiger charge is -2.08. The standard InChI is InChI=1S/C15H9BrF3NOS/c16-10-3-6-12-13(7-10)22-14(20-12)8-21-11-4-1-9(2-5-11)15(17,18)19/h1-7H,8H2. The van der Waals surface area contributed by atoms with E-state index in [1.165, 1.54) is 23.5 Å². The summed E-state index contributed by atoms with van der Waals surface area (Å²) < 4.78 is 44.9. The average molecular weight is 388 g/mol. The smallest absolute Gasteiger partial charge is 0.416 e. The summed E-state index contributed by atoms with van der Waals surface area (Å²) in [5.41, 5.74) is 0.184. The maximum absolute atomic E-state index is 12.5. The Hall–Kier alpha value is -1.60. The highest BCUT2D eigenvalue weighted by Crippen LogP contribution is 2.31. The molecule has 7 heteroatoms. The third kappa shape index (κ3) is 3.41. The first kappa shape index (κ1) is 15.3. The fourth-order valence-corrected chi connectivity index (χ4v) is 3.33. The number of thiazole rings is 1. The minimum atomic E-state index is -4.33. The predicted octanol–water partition coefficient (Wildman–Crippen LogP) is 5.66. The van der Waals surface area contributed by atoms with Crippen molar-refractivity contribution >= 4 is 37.5 Å². The van der Waals surface area contributed by atoms with E-state index in [0.29, 0.717) is 5.75 Å². The average Bonchev–Trinajstić information content (AvgIpc) is 2.86. The Kier molecular flexibility index (Phi) is 4.10. The minimum Gasteiger partial charge on any atom is -0.486 e. The van der Waals surface area contributed by atoms with Crippen molar-refractivity contribution in [3.05, 3.63) is 57.5 Å². The van der Waals surface area contributed by atoms with Crippen LogP contribution in [0.5, 0.6) is 5.75 Å². The van der Waals surface area contributed by atoms with Gasteiger partial charge in [0.1, 0.15) is 17.4 Å². The lowest BCUT2D eigenvalue weighted by molar-refractivity contribution is -0.137. The molecule has 1 heterocycles. The number of benzene rings is 2. The van der Waals surface area contributed by atoms with Crippen molar-refractivity contribution in [2.45, 2.75) is 12.8 Å². The number of hydrogen-bond donors (Lipinski definition) is 0. The number of fused-ring (bicyclic) bond motifs is 1. The Labute approximate surface area is 136 Å². The molecule has 114 valence electrons. The van der Waals surface area contributed by atoms with Gasteiger partial charge in [-0.15, -0.1) is 11.3 Å². The summed E-state index contributed by atoms with van der Waals surface area (Å²) in [6.07, 6.45) is -4.33. The molecule has 0 atom stereocenters. The van der Waals surface area contributed by atoms with Crippen LogP contribution < -0.4 is 4.74 Å². The monoisotopic (exact) mass is 387 g/mol. The lowest BCUT2D eigenvalue weighted by atomic mass is 10.2. The second-order valence-electron chi connectivity index (χ2n) is 4.53. The van der Waals surface area contributed by atoms with Gasteiger partial charge in [0.25, 0.3) is 0 Å². The molecule has 0 saturated carbocycles. The highest BCUT2D eigenvalue weighted by Gasteiger charge is 2.30. The molecule has 22 heavy (non-hydrogen) atoms. The first-order valence-electron chi connectivity index (χ1n) is 6.27. The molecular formula is C15H9BrF3NOS. The zero-order valence-corrected chi connectivity index (χ0v) is 13.4. The summed E-state index contributed by atoms with van der Waals surface area (Å²) in [5.74, 6) is 0.383. The summed E-state index contributed by atoms with van der Waals surface area (Å²) in [6, 6.07) is 10.4. The summed E-state index contributed by atoms with van der Waals surface area (Å²) in [5, 5.41) is 0.771. The Morgan fingerprint density at radius 1 is 1.09 bits per heavy atom. The van der Waals surface area contributed by atoms with Crippen molar-refractivity contribution in [3.63, 3.8) is 0 Å². The van der Waals surface area contributed by atoms with Crippen molar-refractivity contribution in [3.8, 4) is 5.75 Å². The summed E-state index contributed by atoms with van der Waals surface area (Å²) in [7, 11) is 0. The van der Waals surface area contributed by atoms with Crippen molar-refractivity contribution in [1.82, 2.24) is 4.98 Å². The van der Waals surface area contributed by atoms with Crippen LogP contribution in [-0.2, 0) is 12.8 Å². The largest absolute Gasteiger partial charge is 0.486 e. The molecule has 0 unspecified atom stereocenters. The van der Waals surface area contributed by atoms with Crippen LogP contribution in [0, 0.1) is 0 Å². The molecule has 0 fully saturated rings. The van der Waals surface area contributed by atoms with Crippen LogP contribution in [0.1, 0.15) is 10.6 Å². The van der Waals surface area contributed by atoms with Gasteiger partial charge in [-0.2, -0.15) is 13.2 Å². The van der Waals surface area contributed by atoms with Crippen LogP contribution in [0.2, 0.25) is 0 Å². The predicted molar refractivity (Wildman–Crippen MR) is 83.1 cm³/mol. The molecule has 0 N–H and O–H groups in total. The van der Waals surface area contributed by atoms with Gasteiger partial charge in [0.2, 0.25) is 0 Å². The lowest BCUT2D eigenvalue weighted by Crippen LogP contribution is -2.04. The first-order chi connectivity index (χ1) is 10.4. The number of rotatable bonds is 3. The SMILES string of the molecule is FC(F)(F)c1ccc(OCc2nc3ccc(Br)cc3s2)cc1. The molecule has 3 aromatic rings. The van der Waals surface area contributed by atoms with E-state index >= 15 is 0 Å². The molecule has 2 aromatic carbocycles. The zero-order valence-electron chi connectivity index (χ0n) is 11.0. The molecule has 0 amide bonds. The van der Waals surface area contributed by atoms with Crippen molar-refractivity contribution in [2.75, 3.05) is 0 Å². The highest BCUT2D eigenvalue weighted by atomic mass is 79.9. The molecule has 0 radical (unpaired) electrons. The molecular weight excluding hydrogens is 379 g/mol. The van der Waals surface area contributed by atoms with Gasteiger partial charge >= 0.3 is 6.18 Å². The van der Waals surface area contributed by atoms with E-state index in [1.54, 1.807) is 0 Å². The van der Waals surface area contributed by atoms with E-state index in [9.17, 15) is 13.2 Å². The Balaban J connectivity index is 1.71. The van der Waals surface area contributed by atoms with Gasteiger partial charge in [-0.25, -0.2) is 4.98 Å². The number of alkyl halides is 3. The molecule has 1 aromatic heterocycles. The van der Waals surface area contributed by atoms with Crippen LogP contribution >= 0.6 is 27.3 Å². The summed E-state index contributed by atoms with van der Waals surface area (Å²) >= 11 is 4.89. The fourth-order valence-electron chi connectivity index (χ4n) is 1.89. The molecule has 0 aliphatic rings. The van der Waals surface area contributed by atoms with Crippen molar-refractivity contribution < 1.29 is 17.9 Å². The molecule has 0 spiro atoms. The quantitative estimate of drug-likeness (QED) is 0.578. The van der Waals surface area contributed by atoms with Gasteiger partial charge in [-0.3, -0.25) is 0 Å². The van der Waals surface area contributed by atoms with E-state index in [0.717, 1.165) is 31.8 Å². The number of nitrogens with zero attached hydrogens (tertiary/aromatic N) is 1. The summed E-state index contributed by atoms with van der Waals surface area (Å²) in [4.78, 5) is 4.42. The van der Waals surface area contributed by atoms with Gasteiger partial charge < -0.3 is 4.74 Å². The van der Waals surface area contributed by atoms with Gasteiger partial charge in [-0.05, 0) is 42.5 Å². The topological polar surface area (TPSA) is 22.1 Å². The van der Waals surface area contributed by atoms with Crippen LogP contribution in [0.25, 0.3) is 10.2 Å². The van der Waals surface area contributed by atoms with Crippen LogP contribution in [0.3, 0.4) is 0 Å². The van der Waals surface area contributed by atoms with Gasteiger partial charge in [0.15, 0.2) is 0 Å². The number of aromatic nitrogens is 1. The zero-order chi connectivity index (χ0) is 15.7. The van der Waals surface area contributed by atoms with E-state index in [2.05, 4.69) is 20.9 Å². The van der Waals surface area contributed by atoms with Gasteiger partial charge in [0.05, 0.1) is 15.8 Å². The maximum Gasteiger partial charge on any atom is 0.416 e. The third-order valence-electron chi connectivity index (χ3n) is 2.94. The highest BCUT2D eigenvalue weighted by molar-refractivity contribution is 9.10. The molecule has 2 nitrogen and oxygen atoms in total. The Bertz CT molecular complexity index is 799. The van der Waals surface area contributed by atoms with Crippen molar-refractivity contribution in [1.29, 1.82) is 0 Å². The molecule has 3 rings (SSSR count). The third-order valence-corrected chi connectivity index (χ3v) is 4.42. The first-order valence-corrected chi connectivity index (χ1v) is 7.88. The normalized spacial score (nSPS) is 11.8. The van der Waals surface area contributed by atoms with E-state index < -0.39 is 11.7 Å². The second kappa shape index (κ2) is 5.89. The minimum absolute atomic E-state index is 0.225. The van der Waals surface area contributed by atoms with Crippen LogP contribution in [0.4, 0.5) is 13.2 Å². The maximum atomic E-state index is 12.5. The van der Waals surface area contributed by atoms with Gasteiger partial charge in [-0.1, -0.05) is 15.9 Å². The van der Waals surface area contributed by atoms with Crippen LogP contribution in [0.15, 0.2) is 46.9 Å². The molecule has 0 bridgehead atoms. The number of hydrogen-bond acceptors (Lipinski definition) is 3. The fraction of sp³-hybridized carbons (Fsp3) is 0.133. The number of ether oxygens (including phenoxy) is 1. The Morgan fingerprint density at radius 3 is 2.50 bits per heavy atom. The van der Waals surface area contributed by atoms with Crippen molar-refractivity contribution in [2.24, 2.45) is 0 Å². The Morgan fingerprint density at radius 2 is 1.82 bits per heavy atom. The van der Waals surface area contributed by atoms with E-state index in [1.807, 2.05) is 18.2 Å². The van der Waals surface area contributed by atoms with Crippen LogP contribution in [-0.4, -0.2) is 4.98 Å². The molecule has 0 saturated heterocycles. The molecule has 0 aliphatic carbocycles. The number of halogens is 4. The second-order valence-corrected chi connectivity index (χ2v) is 6.56. The van der Waals surface area contributed by atoms with E-state index in [4.69, 9.17) is 4.74 Å². The summed E-state index contributed by atoms with van der Waals surface area (Å²) in [6.45, 7) is 0.225. The molecule has 0 aliphatic heterocycles. The van der Waals surface area contributed by atoms with Gasteiger partial charge in [0, 0.05) is 4.47 Å².